The van der Waals surface area contributed by atoms with Gasteiger partial charge in [0, 0.05) is 22.8 Å². The lowest BCUT2D eigenvalue weighted by Crippen LogP contribution is -2.22. The Hall–Kier alpha value is -3.32. The molecule has 7 heteroatoms. The van der Waals surface area contributed by atoms with Gasteiger partial charge in [-0.15, -0.1) is 11.3 Å². The molecule has 154 valence electrons. The van der Waals surface area contributed by atoms with Gasteiger partial charge in [-0.1, -0.05) is 36.4 Å². The zero-order valence-electron chi connectivity index (χ0n) is 16.6. The summed E-state index contributed by atoms with van der Waals surface area (Å²) in [5, 5.41) is 12.8. The molecule has 1 atom stereocenters. The molecule has 1 aliphatic rings. The highest BCUT2D eigenvalue weighted by atomic mass is 32.1. The smallest absolute Gasteiger partial charge is 0.346 e. The summed E-state index contributed by atoms with van der Waals surface area (Å²) in [5.41, 5.74) is 2.78. The predicted octanol–water partition coefficient (Wildman–Crippen LogP) is 4.99. The third-order valence-electron chi connectivity index (χ3n) is 5.05. The number of ether oxygens (including phenoxy) is 2. The summed E-state index contributed by atoms with van der Waals surface area (Å²) in [6, 6.07) is 14.9. The van der Waals surface area contributed by atoms with Gasteiger partial charge in [0.25, 0.3) is 0 Å². The normalized spacial score (nSPS) is 15.3. The molecule has 30 heavy (non-hydrogen) atoms. The summed E-state index contributed by atoms with van der Waals surface area (Å²) in [6.07, 6.45) is 0.234. The van der Waals surface area contributed by atoms with Crippen LogP contribution in [0.25, 0.3) is 11.1 Å². The Kier molecular flexibility index (Phi) is 5.46. The lowest BCUT2D eigenvalue weighted by atomic mass is 9.88. The summed E-state index contributed by atoms with van der Waals surface area (Å²) >= 11 is 1.21. The SMILES string of the molecule is CCOc1ccc([C@H]2CC(=O)Nc3c2sc(C(=O)O)c3-c2ccccc2)cc1OC. The van der Waals surface area contributed by atoms with Crippen LogP contribution < -0.4 is 14.8 Å². The van der Waals surface area contributed by atoms with Gasteiger partial charge >= 0.3 is 5.97 Å². The van der Waals surface area contributed by atoms with E-state index in [9.17, 15) is 14.7 Å². The van der Waals surface area contributed by atoms with Crippen molar-refractivity contribution in [3.05, 3.63) is 63.8 Å². The number of carbonyl (C=O) groups excluding carboxylic acids is 1. The first-order valence-electron chi connectivity index (χ1n) is 9.59. The second-order valence-corrected chi connectivity index (χ2v) is 7.92. The maximum atomic E-state index is 12.6. The number of carboxylic acids is 1. The Morgan fingerprint density at radius 1 is 1.20 bits per heavy atom. The molecule has 2 N–H and O–H groups in total. The summed E-state index contributed by atoms with van der Waals surface area (Å²) < 4.78 is 11.1. The largest absolute Gasteiger partial charge is 0.493 e. The topological polar surface area (TPSA) is 84.9 Å². The molecule has 0 bridgehead atoms. The van der Waals surface area contributed by atoms with E-state index >= 15 is 0 Å². The fraction of sp³-hybridized carbons (Fsp3) is 0.217. The number of amides is 1. The Labute approximate surface area is 178 Å². The number of thiophene rings is 1. The third kappa shape index (κ3) is 3.52. The van der Waals surface area contributed by atoms with E-state index < -0.39 is 5.97 Å². The minimum atomic E-state index is -1.01. The summed E-state index contributed by atoms with van der Waals surface area (Å²) in [4.78, 5) is 25.7. The summed E-state index contributed by atoms with van der Waals surface area (Å²) in [5.74, 6) is -0.205. The molecule has 2 heterocycles. The fourth-order valence-electron chi connectivity index (χ4n) is 3.76. The molecule has 2 aromatic carbocycles. The van der Waals surface area contributed by atoms with E-state index in [-0.39, 0.29) is 23.1 Å². The first kappa shape index (κ1) is 20.0. The van der Waals surface area contributed by atoms with E-state index in [4.69, 9.17) is 9.47 Å². The highest BCUT2D eigenvalue weighted by Gasteiger charge is 2.34. The molecule has 6 nitrogen and oxygen atoms in total. The summed E-state index contributed by atoms with van der Waals surface area (Å²) in [7, 11) is 1.57. The van der Waals surface area contributed by atoms with Crippen molar-refractivity contribution in [2.24, 2.45) is 0 Å². The van der Waals surface area contributed by atoms with Gasteiger partial charge in [0.15, 0.2) is 11.5 Å². The monoisotopic (exact) mass is 423 g/mol. The molecular weight excluding hydrogens is 402 g/mol. The van der Waals surface area contributed by atoms with E-state index in [1.807, 2.05) is 55.5 Å². The number of anilines is 1. The molecule has 1 amide bonds. The Morgan fingerprint density at radius 3 is 2.63 bits per heavy atom. The highest BCUT2D eigenvalue weighted by Crippen LogP contribution is 2.50. The minimum absolute atomic E-state index is 0.146. The van der Waals surface area contributed by atoms with Crippen LogP contribution >= 0.6 is 11.3 Å². The number of aromatic carboxylic acids is 1. The number of fused-ring (bicyclic) bond motifs is 1. The van der Waals surface area contributed by atoms with Crippen molar-refractivity contribution in [1.29, 1.82) is 0 Å². The van der Waals surface area contributed by atoms with Crippen molar-refractivity contribution in [3.63, 3.8) is 0 Å². The van der Waals surface area contributed by atoms with Gasteiger partial charge in [-0.2, -0.15) is 0 Å². The quantitative estimate of drug-likeness (QED) is 0.583. The van der Waals surface area contributed by atoms with Crippen LogP contribution in [0.4, 0.5) is 5.69 Å². The van der Waals surface area contributed by atoms with Crippen LogP contribution in [0.15, 0.2) is 48.5 Å². The van der Waals surface area contributed by atoms with Gasteiger partial charge in [-0.05, 0) is 30.2 Å². The average Bonchev–Trinajstić information content (AvgIpc) is 3.14. The van der Waals surface area contributed by atoms with Gasteiger partial charge in [-0.3, -0.25) is 4.79 Å². The molecule has 0 radical (unpaired) electrons. The Morgan fingerprint density at radius 2 is 1.97 bits per heavy atom. The molecule has 3 aromatic rings. The van der Waals surface area contributed by atoms with Crippen LogP contribution in [0, 0.1) is 0 Å². The molecule has 1 aromatic heterocycles. The van der Waals surface area contributed by atoms with E-state index in [1.165, 1.54) is 11.3 Å². The van der Waals surface area contributed by atoms with Crippen LogP contribution in [0.2, 0.25) is 0 Å². The minimum Gasteiger partial charge on any atom is -0.493 e. The first-order chi connectivity index (χ1) is 14.5. The highest BCUT2D eigenvalue weighted by molar-refractivity contribution is 7.15. The number of carbonyl (C=O) groups is 2. The fourth-order valence-corrected chi connectivity index (χ4v) is 5.01. The van der Waals surface area contributed by atoms with Gasteiger partial charge in [0.05, 0.1) is 19.4 Å². The lowest BCUT2D eigenvalue weighted by Gasteiger charge is -2.24. The molecule has 0 aliphatic carbocycles. The van der Waals surface area contributed by atoms with Crippen molar-refractivity contribution < 1.29 is 24.2 Å². The van der Waals surface area contributed by atoms with Crippen molar-refractivity contribution in [1.82, 2.24) is 0 Å². The van der Waals surface area contributed by atoms with Crippen LogP contribution in [-0.4, -0.2) is 30.7 Å². The average molecular weight is 423 g/mol. The molecule has 0 saturated heterocycles. The van der Waals surface area contributed by atoms with Crippen LogP contribution in [0.5, 0.6) is 11.5 Å². The van der Waals surface area contributed by atoms with Crippen molar-refractivity contribution in [2.75, 3.05) is 19.0 Å². The van der Waals surface area contributed by atoms with E-state index in [1.54, 1.807) is 7.11 Å². The molecule has 0 saturated carbocycles. The van der Waals surface area contributed by atoms with Crippen LogP contribution in [0.3, 0.4) is 0 Å². The van der Waals surface area contributed by atoms with Gasteiger partial charge in [0.2, 0.25) is 5.91 Å². The molecule has 0 fully saturated rings. The van der Waals surface area contributed by atoms with Crippen LogP contribution in [-0.2, 0) is 4.79 Å². The van der Waals surface area contributed by atoms with Gasteiger partial charge < -0.3 is 19.9 Å². The first-order valence-corrected chi connectivity index (χ1v) is 10.4. The van der Waals surface area contributed by atoms with Crippen LogP contribution in [0.1, 0.15) is 39.4 Å². The number of benzene rings is 2. The maximum Gasteiger partial charge on any atom is 0.346 e. The van der Waals surface area contributed by atoms with Gasteiger partial charge in [0.1, 0.15) is 4.88 Å². The standard InChI is InChI=1S/C23H21NO5S/c1-3-29-16-10-9-14(11-17(16)28-2)15-12-18(25)24-20-19(13-7-5-4-6-8-13)22(23(26)27)30-21(15)20/h4-11,15H,3,12H2,1-2H3,(H,24,25)(H,26,27)/t15-/m1/s1. The molecule has 4 rings (SSSR count). The van der Waals surface area contributed by atoms with E-state index in [0.29, 0.717) is 29.4 Å². The third-order valence-corrected chi connectivity index (χ3v) is 6.34. The van der Waals surface area contributed by atoms with Crippen molar-refractivity contribution >= 4 is 28.9 Å². The lowest BCUT2D eigenvalue weighted by molar-refractivity contribution is -0.116. The Balaban J connectivity index is 1.87. The number of rotatable bonds is 6. The number of hydrogen-bond acceptors (Lipinski definition) is 5. The van der Waals surface area contributed by atoms with E-state index in [0.717, 1.165) is 16.0 Å². The number of nitrogens with one attached hydrogen (secondary N) is 1. The zero-order chi connectivity index (χ0) is 21.3. The number of carboxylic acid groups (broad SMARTS) is 1. The number of hydrogen-bond donors (Lipinski definition) is 2. The number of methoxy groups -OCH3 is 1. The molecular formula is C23H21NO5S. The van der Waals surface area contributed by atoms with Crippen molar-refractivity contribution in [2.45, 2.75) is 19.3 Å². The second kappa shape index (κ2) is 8.20. The van der Waals surface area contributed by atoms with E-state index in [2.05, 4.69) is 5.32 Å². The molecule has 1 aliphatic heterocycles. The molecule has 0 unspecified atom stereocenters. The summed E-state index contributed by atoms with van der Waals surface area (Å²) in [6.45, 7) is 2.41. The predicted molar refractivity (Wildman–Crippen MR) is 116 cm³/mol. The zero-order valence-corrected chi connectivity index (χ0v) is 17.4. The maximum absolute atomic E-state index is 12.6. The van der Waals surface area contributed by atoms with Gasteiger partial charge in [-0.25, -0.2) is 4.79 Å². The molecule has 0 spiro atoms. The van der Waals surface area contributed by atoms with Crippen molar-refractivity contribution in [3.8, 4) is 22.6 Å². The second-order valence-electron chi connectivity index (χ2n) is 6.86. The Bertz CT molecular complexity index is 1110.